The van der Waals surface area contributed by atoms with Crippen molar-refractivity contribution in [2.24, 2.45) is 0 Å². The fourth-order valence-corrected chi connectivity index (χ4v) is 6.38. The van der Waals surface area contributed by atoms with E-state index >= 15 is 0 Å². The fraction of sp³-hybridized carbons (Fsp3) is 0.231. The molecular formula is C39H38ClFN6O3. The van der Waals surface area contributed by atoms with Crippen molar-refractivity contribution in [3.8, 4) is 11.5 Å². The first-order valence-corrected chi connectivity index (χ1v) is 17.0. The first-order valence-electron chi connectivity index (χ1n) is 16.6. The number of benzene rings is 4. The lowest BCUT2D eigenvalue weighted by molar-refractivity contribution is 0.0357. The number of morpholine rings is 1. The predicted molar refractivity (Wildman–Crippen MR) is 198 cm³/mol. The molecule has 0 unspecified atom stereocenters. The van der Waals surface area contributed by atoms with E-state index in [1.165, 1.54) is 51.4 Å². The summed E-state index contributed by atoms with van der Waals surface area (Å²) < 4.78 is 30.4. The minimum absolute atomic E-state index is 0.0364. The van der Waals surface area contributed by atoms with Crippen LogP contribution in [-0.4, -0.2) is 71.4 Å². The molecule has 3 N–H and O–H groups in total. The van der Waals surface area contributed by atoms with Gasteiger partial charge in [-0.1, -0.05) is 48.0 Å². The summed E-state index contributed by atoms with van der Waals surface area (Å²) in [6.07, 6.45) is 7.54. The molecule has 9 nitrogen and oxygen atoms in total. The van der Waals surface area contributed by atoms with Crippen LogP contribution in [0.3, 0.4) is 0 Å². The monoisotopic (exact) mass is 692 g/mol. The maximum Gasteiger partial charge on any atom is 0.162 e. The van der Waals surface area contributed by atoms with Gasteiger partial charge in [-0.05, 0) is 53.9 Å². The molecule has 256 valence electrons. The predicted octanol–water partition coefficient (Wildman–Crippen LogP) is 8.52. The van der Waals surface area contributed by atoms with Crippen LogP contribution in [0.15, 0.2) is 97.6 Å². The van der Waals surface area contributed by atoms with E-state index in [2.05, 4.69) is 91.1 Å². The number of para-hydroxylation sites is 2. The van der Waals surface area contributed by atoms with Crippen molar-refractivity contribution in [3.05, 3.63) is 120 Å². The highest BCUT2D eigenvalue weighted by atomic mass is 35.5. The number of fused-ring (bicyclic) bond motifs is 3. The number of halogens is 2. The van der Waals surface area contributed by atoms with E-state index in [-0.39, 0.29) is 5.02 Å². The summed E-state index contributed by atoms with van der Waals surface area (Å²) in [4.78, 5) is 17.7. The molecule has 0 bridgehead atoms. The Balaban J connectivity index is 0.000000175. The zero-order valence-electron chi connectivity index (χ0n) is 27.7. The molecule has 0 saturated carbocycles. The van der Waals surface area contributed by atoms with E-state index in [0.29, 0.717) is 35.1 Å². The Morgan fingerprint density at radius 2 is 1.56 bits per heavy atom. The number of rotatable bonds is 10. The van der Waals surface area contributed by atoms with Crippen molar-refractivity contribution in [1.29, 1.82) is 0 Å². The lowest BCUT2D eigenvalue weighted by Gasteiger charge is -2.26. The summed E-state index contributed by atoms with van der Waals surface area (Å²) in [6, 6.07) is 25.0. The van der Waals surface area contributed by atoms with Crippen molar-refractivity contribution in [2.45, 2.75) is 12.8 Å². The molecule has 0 radical (unpaired) electrons. The van der Waals surface area contributed by atoms with Gasteiger partial charge in [0, 0.05) is 77.4 Å². The fourth-order valence-electron chi connectivity index (χ4n) is 6.20. The van der Waals surface area contributed by atoms with Gasteiger partial charge >= 0.3 is 0 Å². The third-order valence-corrected chi connectivity index (χ3v) is 9.10. The zero-order chi connectivity index (χ0) is 34.3. The van der Waals surface area contributed by atoms with Gasteiger partial charge in [-0.15, -0.1) is 0 Å². The summed E-state index contributed by atoms with van der Waals surface area (Å²) >= 11 is 5.90. The first-order chi connectivity index (χ1) is 24.6. The van der Waals surface area contributed by atoms with Crippen molar-refractivity contribution in [2.75, 3.05) is 51.9 Å². The quantitative estimate of drug-likeness (QED) is 0.124. The lowest BCUT2D eigenvalue weighted by Crippen LogP contribution is -2.37. The number of H-pyrrole nitrogens is 2. The number of nitrogens with one attached hydrogen (secondary N) is 3. The van der Waals surface area contributed by atoms with Crippen LogP contribution in [0.4, 0.5) is 15.9 Å². The molecule has 4 heterocycles. The first kappa shape index (κ1) is 33.3. The third kappa shape index (κ3) is 7.68. The van der Waals surface area contributed by atoms with E-state index in [1.54, 1.807) is 13.2 Å². The normalized spacial score (nSPS) is 13.3. The second-order valence-corrected chi connectivity index (χ2v) is 12.5. The lowest BCUT2D eigenvalue weighted by atomic mass is 10.0. The number of methoxy groups -OCH3 is 1. The zero-order valence-corrected chi connectivity index (χ0v) is 28.5. The second-order valence-electron chi connectivity index (χ2n) is 12.0. The summed E-state index contributed by atoms with van der Waals surface area (Å²) in [5.74, 6) is 1.31. The highest BCUT2D eigenvalue weighted by Gasteiger charge is 2.14. The van der Waals surface area contributed by atoms with Gasteiger partial charge in [0.2, 0.25) is 0 Å². The van der Waals surface area contributed by atoms with E-state index < -0.39 is 5.82 Å². The second kappa shape index (κ2) is 15.6. The van der Waals surface area contributed by atoms with Crippen LogP contribution in [0.25, 0.3) is 32.7 Å². The van der Waals surface area contributed by atoms with Gasteiger partial charge in [-0.25, -0.2) is 14.4 Å². The molecular weight excluding hydrogens is 655 g/mol. The van der Waals surface area contributed by atoms with Crippen LogP contribution in [-0.2, 0) is 11.2 Å². The molecule has 1 aliphatic heterocycles. The van der Waals surface area contributed by atoms with Gasteiger partial charge in [-0.2, -0.15) is 0 Å². The van der Waals surface area contributed by atoms with Gasteiger partial charge in [0.05, 0.1) is 37.5 Å². The largest absolute Gasteiger partial charge is 0.493 e. The molecule has 0 atom stereocenters. The number of ether oxygens (including phenoxy) is 3. The van der Waals surface area contributed by atoms with Crippen LogP contribution in [0.2, 0.25) is 5.02 Å². The van der Waals surface area contributed by atoms with Crippen molar-refractivity contribution >= 4 is 55.8 Å². The Bertz CT molecular complexity index is 2140. The Morgan fingerprint density at radius 3 is 2.24 bits per heavy atom. The molecule has 3 aromatic heterocycles. The summed E-state index contributed by atoms with van der Waals surface area (Å²) in [7, 11) is 1.60. The topological polar surface area (TPSA) is 100 Å². The molecule has 1 fully saturated rings. The Morgan fingerprint density at radius 1 is 0.860 bits per heavy atom. The molecule has 11 heteroatoms. The minimum Gasteiger partial charge on any atom is -0.493 e. The van der Waals surface area contributed by atoms with Gasteiger partial charge in [0.15, 0.2) is 11.5 Å². The van der Waals surface area contributed by atoms with E-state index in [0.717, 1.165) is 51.1 Å². The molecule has 0 amide bonds. The van der Waals surface area contributed by atoms with Crippen LogP contribution in [0.1, 0.15) is 17.5 Å². The molecule has 1 saturated heterocycles. The molecule has 50 heavy (non-hydrogen) atoms. The molecule has 8 rings (SSSR count). The molecule has 0 spiro atoms. The Hall–Kier alpha value is -5.16. The Kier molecular flexibility index (Phi) is 10.4. The van der Waals surface area contributed by atoms with Crippen LogP contribution < -0.4 is 14.8 Å². The average molecular weight is 693 g/mol. The molecule has 1 aliphatic rings. The van der Waals surface area contributed by atoms with Crippen molar-refractivity contribution in [3.63, 3.8) is 0 Å². The number of aromatic amines is 2. The van der Waals surface area contributed by atoms with E-state index in [9.17, 15) is 4.39 Å². The molecule has 7 aromatic rings. The molecule has 0 aliphatic carbocycles. The van der Waals surface area contributed by atoms with E-state index in [1.807, 2.05) is 12.1 Å². The highest BCUT2D eigenvalue weighted by Crippen LogP contribution is 2.35. The minimum atomic E-state index is -0.475. The van der Waals surface area contributed by atoms with Crippen molar-refractivity contribution < 1.29 is 18.6 Å². The maximum atomic E-state index is 13.5. The smallest absolute Gasteiger partial charge is 0.162 e. The van der Waals surface area contributed by atoms with Crippen LogP contribution in [0, 0.1) is 5.82 Å². The Labute approximate surface area is 294 Å². The van der Waals surface area contributed by atoms with Gasteiger partial charge < -0.3 is 29.5 Å². The van der Waals surface area contributed by atoms with Gasteiger partial charge in [0.25, 0.3) is 0 Å². The maximum absolute atomic E-state index is 13.5. The average Bonchev–Trinajstić information content (AvgIpc) is 3.76. The van der Waals surface area contributed by atoms with Crippen LogP contribution in [0.5, 0.6) is 11.5 Å². The molecule has 4 aromatic carbocycles. The number of nitrogens with zero attached hydrogens (tertiary/aromatic N) is 3. The standard InChI is InChI=1S/C22H24ClFN4O3.C17H14N2/c1-29-20-13-19-16(12-21(20)31-8-2-5-28-6-9-30-10-7-28)22(26-14-25-19)27-15-3-4-18(24)17(23)11-15;1-3-7-16-14(5-1)12(10-18-16)9-13-11-19-17-8-4-2-6-15(13)17/h3-4,11-14H,2,5-10H2,1H3,(H,25,26,27);1-8,10-11,18-19H,9H2. The number of aromatic nitrogens is 4. The summed E-state index contributed by atoms with van der Waals surface area (Å²) in [5, 5.41) is 6.59. The van der Waals surface area contributed by atoms with E-state index in [4.69, 9.17) is 25.8 Å². The number of hydrogen-bond acceptors (Lipinski definition) is 7. The highest BCUT2D eigenvalue weighted by molar-refractivity contribution is 6.31. The van der Waals surface area contributed by atoms with Crippen LogP contribution >= 0.6 is 11.6 Å². The number of hydrogen-bond donors (Lipinski definition) is 3. The SMILES string of the molecule is COc1cc2ncnc(Nc3ccc(F)c(Cl)c3)c2cc1OCCCN1CCOCC1.c1ccc2c(Cc3c[nH]c4ccccc34)c[nH]c2c1. The summed E-state index contributed by atoms with van der Waals surface area (Å²) in [5.41, 5.74) is 6.42. The van der Waals surface area contributed by atoms with Crippen molar-refractivity contribution in [1.82, 2.24) is 24.8 Å². The van der Waals surface area contributed by atoms with Gasteiger partial charge in [0.1, 0.15) is 18.0 Å². The number of anilines is 2. The third-order valence-electron chi connectivity index (χ3n) is 8.81. The van der Waals surface area contributed by atoms with Gasteiger partial charge in [-0.3, -0.25) is 4.90 Å². The summed E-state index contributed by atoms with van der Waals surface area (Å²) in [6.45, 7) is 5.00.